The van der Waals surface area contributed by atoms with Crippen LogP contribution in [0.15, 0.2) is 22.7 Å². The van der Waals surface area contributed by atoms with Gasteiger partial charge < -0.3 is 16.4 Å². The van der Waals surface area contributed by atoms with E-state index in [1.165, 1.54) is 0 Å². The molecule has 1 aliphatic rings. The summed E-state index contributed by atoms with van der Waals surface area (Å²) < 4.78 is 0.950. The number of halogens is 1. The molecule has 1 aromatic carbocycles. The maximum Gasteiger partial charge on any atom is 0.222 e. The lowest BCUT2D eigenvalue weighted by Crippen LogP contribution is -2.22. The van der Waals surface area contributed by atoms with E-state index in [1.807, 2.05) is 18.2 Å². The molecule has 4 nitrogen and oxygen atoms in total. The second-order valence-corrected chi connectivity index (χ2v) is 4.50. The van der Waals surface area contributed by atoms with Crippen molar-refractivity contribution in [2.45, 2.75) is 12.5 Å². The van der Waals surface area contributed by atoms with Crippen molar-refractivity contribution in [3.8, 4) is 0 Å². The minimum atomic E-state index is 0.0863. The molecule has 4 N–H and O–H groups in total. The Labute approximate surface area is 96.4 Å². The highest BCUT2D eigenvalue weighted by Gasteiger charge is 2.21. The Bertz CT molecular complexity index is 394. The molecule has 5 heteroatoms. The lowest BCUT2D eigenvalue weighted by atomic mass is 10.2. The summed E-state index contributed by atoms with van der Waals surface area (Å²) in [4.78, 5) is 11.0. The first-order chi connectivity index (χ1) is 7.15. The normalized spacial score (nSPS) is 20.1. The highest BCUT2D eigenvalue weighted by Crippen LogP contribution is 2.24. The largest absolute Gasteiger partial charge is 0.397 e. The number of carbonyl (C=O) groups excluding carboxylic acids is 1. The highest BCUT2D eigenvalue weighted by molar-refractivity contribution is 9.10. The second-order valence-electron chi connectivity index (χ2n) is 3.58. The highest BCUT2D eigenvalue weighted by atomic mass is 79.9. The van der Waals surface area contributed by atoms with Gasteiger partial charge in [-0.1, -0.05) is 15.9 Å². The number of anilines is 2. The van der Waals surface area contributed by atoms with E-state index in [-0.39, 0.29) is 11.9 Å². The Morgan fingerprint density at radius 1 is 1.53 bits per heavy atom. The third-order valence-electron chi connectivity index (χ3n) is 2.35. The first-order valence-corrected chi connectivity index (χ1v) is 5.53. The monoisotopic (exact) mass is 269 g/mol. The first kappa shape index (κ1) is 10.3. The average molecular weight is 270 g/mol. The van der Waals surface area contributed by atoms with Gasteiger partial charge in [0.2, 0.25) is 5.91 Å². The predicted molar refractivity (Wildman–Crippen MR) is 63.6 cm³/mol. The van der Waals surface area contributed by atoms with Crippen molar-refractivity contribution < 1.29 is 4.79 Å². The lowest BCUT2D eigenvalue weighted by Gasteiger charge is -2.14. The van der Waals surface area contributed by atoms with Gasteiger partial charge in [-0.25, -0.2) is 0 Å². The number of rotatable bonds is 2. The molecular formula is C10H12BrN3O. The van der Waals surface area contributed by atoms with Crippen molar-refractivity contribution in [1.29, 1.82) is 0 Å². The lowest BCUT2D eigenvalue weighted by molar-refractivity contribution is -0.119. The van der Waals surface area contributed by atoms with Crippen LogP contribution in [-0.4, -0.2) is 18.5 Å². The quantitative estimate of drug-likeness (QED) is 0.710. The van der Waals surface area contributed by atoms with Crippen LogP contribution < -0.4 is 16.4 Å². The molecule has 0 aromatic heterocycles. The van der Waals surface area contributed by atoms with Gasteiger partial charge in [0.25, 0.3) is 0 Å². The molecule has 1 unspecified atom stereocenters. The fourth-order valence-electron chi connectivity index (χ4n) is 1.59. The average Bonchev–Trinajstić information content (AvgIpc) is 2.56. The van der Waals surface area contributed by atoms with Gasteiger partial charge in [0.15, 0.2) is 0 Å². The van der Waals surface area contributed by atoms with E-state index < -0.39 is 0 Å². The van der Waals surface area contributed by atoms with E-state index in [0.29, 0.717) is 18.7 Å². The molecule has 1 amide bonds. The second kappa shape index (κ2) is 4.10. The smallest absolute Gasteiger partial charge is 0.222 e. The summed E-state index contributed by atoms with van der Waals surface area (Å²) in [5.41, 5.74) is 7.40. The fourth-order valence-corrected chi connectivity index (χ4v) is 1.97. The maximum atomic E-state index is 11.0. The standard InChI is InChI=1S/C10H12BrN3O/c11-6-1-2-9(8(12)3-6)14-7-4-10(15)13-5-7/h1-3,7,14H,4-5,12H2,(H,13,15). The molecule has 2 rings (SSSR count). The molecule has 1 aliphatic heterocycles. The van der Waals surface area contributed by atoms with E-state index in [1.54, 1.807) is 0 Å². The zero-order chi connectivity index (χ0) is 10.8. The number of hydrogen-bond donors (Lipinski definition) is 3. The Balaban J connectivity index is 2.07. The summed E-state index contributed by atoms with van der Waals surface area (Å²) in [6.45, 7) is 0.661. The van der Waals surface area contributed by atoms with Gasteiger partial charge in [0.05, 0.1) is 17.4 Å². The molecule has 1 fully saturated rings. The topological polar surface area (TPSA) is 67.2 Å². The van der Waals surface area contributed by atoms with Crippen LogP contribution in [0.3, 0.4) is 0 Å². The van der Waals surface area contributed by atoms with Crippen LogP contribution in [-0.2, 0) is 4.79 Å². The predicted octanol–water partition coefficient (Wildman–Crippen LogP) is 1.33. The SMILES string of the molecule is Nc1cc(Br)ccc1NC1CNC(=O)C1. The zero-order valence-corrected chi connectivity index (χ0v) is 9.67. The van der Waals surface area contributed by atoms with Crippen LogP contribution in [0.25, 0.3) is 0 Å². The van der Waals surface area contributed by atoms with E-state index in [2.05, 4.69) is 26.6 Å². The summed E-state index contributed by atoms with van der Waals surface area (Å²) in [5.74, 6) is 0.0863. The van der Waals surface area contributed by atoms with Gasteiger partial charge in [-0.05, 0) is 18.2 Å². The van der Waals surface area contributed by atoms with Crippen LogP contribution in [0.5, 0.6) is 0 Å². The Kier molecular flexibility index (Phi) is 2.81. The number of nitrogens with two attached hydrogens (primary N) is 1. The van der Waals surface area contributed by atoms with Crippen LogP contribution >= 0.6 is 15.9 Å². The fraction of sp³-hybridized carbons (Fsp3) is 0.300. The van der Waals surface area contributed by atoms with Crippen molar-refractivity contribution in [2.24, 2.45) is 0 Å². The number of nitrogen functional groups attached to an aromatic ring is 1. The molecule has 1 atom stereocenters. The molecule has 1 heterocycles. The molecule has 0 bridgehead atoms. The van der Waals surface area contributed by atoms with Crippen molar-refractivity contribution in [3.05, 3.63) is 22.7 Å². The molecule has 80 valence electrons. The summed E-state index contributed by atoms with van der Waals surface area (Å²) in [6.07, 6.45) is 0.509. The third kappa shape index (κ3) is 2.41. The van der Waals surface area contributed by atoms with Gasteiger partial charge in [-0.2, -0.15) is 0 Å². The van der Waals surface area contributed by atoms with E-state index >= 15 is 0 Å². The molecule has 15 heavy (non-hydrogen) atoms. The molecule has 0 saturated carbocycles. The van der Waals surface area contributed by atoms with Gasteiger partial charge in [0, 0.05) is 17.4 Å². The molecule has 1 saturated heterocycles. The Morgan fingerprint density at radius 3 is 2.93 bits per heavy atom. The van der Waals surface area contributed by atoms with Crippen molar-refractivity contribution in [2.75, 3.05) is 17.6 Å². The summed E-state index contributed by atoms with van der Waals surface area (Å²) >= 11 is 3.34. The molecule has 1 aromatic rings. The summed E-state index contributed by atoms with van der Waals surface area (Å²) in [7, 11) is 0. The molecular weight excluding hydrogens is 258 g/mol. The van der Waals surface area contributed by atoms with Gasteiger partial charge in [-0.15, -0.1) is 0 Å². The van der Waals surface area contributed by atoms with Gasteiger partial charge >= 0.3 is 0 Å². The Morgan fingerprint density at radius 2 is 2.33 bits per heavy atom. The number of carbonyl (C=O) groups is 1. The summed E-state index contributed by atoms with van der Waals surface area (Å²) in [6, 6.07) is 5.80. The zero-order valence-electron chi connectivity index (χ0n) is 8.09. The number of nitrogens with one attached hydrogen (secondary N) is 2. The molecule has 0 radical (unpaired) electrons. The van der Waals surface area contributed by atoms with Crippen LogP contribution in [0, 0.1) is 0 Å². The van der Waals surface area contributed by atoms with E-state index in [9.17, 15) is 4.79 Å². The minimum absolute atomic E-state index is 0.0863. The van der Waals surface area contributed by atoms with Crippen LogP contribution in [0.2, 0.25) is 0 Å². The number of benzene rings is 1. The summed E-state index contributed by atoms with van der Waals surface area (Å²) in [5, 5.41) is 6.01. The maximum absolute atomic E-state index is 11.0. The first-order valence-electron chi connectivity index (χ1n) is 4.73. The van der Waals surface area contributed by atoms with Crippen molar-refractivity contribution >= 4 is 33.2 Å². The van der Waals surface area contributed by atoms with Crippen molar-refractivity contribution in [3.63, 3.8) is 0 Å². The van der Waals surface area contributed by atoms with Crippen LogP contribution in [0.1, 0.15) is 6.42 Å². The molecule has 0 spiro atoms. The minimum Gasteiger partial charge on any atom is -0.397 e. The third-order valence-corrected chi connectivity index (χ3v) is 2.84. The van der Waals surface area contributed by atoms with Gasteiger partial charge in [-0.3, -0.25) is 4.79 Å². The van der Waals surface area contributed by atoms with Crippen molar-refractivity contribution in [1.82, 2.24) is 5.32 Å². The van der Waals surface area contributed by atoms with Gasteiger partial charge in [0.1, 0.15) is 0 Å². The number of hydrogen-bond acceptors (Lipinski definition) is 3. The van der Waals surface area contributed by atoms with Crippen LogP contribution in [0.4, 0.5) is 11.4 Å². The van der Waals surface area contributed by atoms with E-state index in [0.717, 1.165) is 10.2 Å². The number of amides is 1. The Hall–Kier alpha value is -1.23. The van der Waals surface area contributed by atoms with E-state index in [4.69, 9.17) is 5.73 Å². The molecule has 0 aliphatic carbocycles.